The summed E-state index contributed by atoms with van der Waals surface area (Å²) in [5.74, 6) is 0. The van der Waals surface area contributed by atoms with Crippen molar-refractivity contribution in [1.82, 2.24) is 5.48 Å². The highest BCUT2D eigenvalue weighted by molar-refractivity contribution is 5.13. The summed E-state index contributed by atoms with van der Waals surface area (Å²) in [7, 11) is 0. The first kappa shape index (κ1) is 17.0. The van der Waals surface area contributed by atoms with Crippen molar-refractivity contribution in [2.45, 2.75) is 31.0 Å². The first-order valence-electron chi connectivity index (χ1n) is 6.28. The molecule has 1 rings (SSSR count). The number of aliphatic hydroxyl groups is 5. The summed E-state index contributed by atoms with van der Waals surface area (Å²) in [5, 5.41) is 46.3. The standard InChI is InChI=1S/C13H21NO6/c15-7-10(16)12(18)13(19)11(17)8-20-14-6-9-4-2-1-3-5-9/h1-5,10-19H,6-8H2/t10-,11-,12-,13-/m1/s1. The molecule has 0 aliphatic rings. The predicted octanol–water partition coefficient (Wildman–Crippen LogP) is -1.86. The molecule has 4 atom stereocenters. The summed E-state index contributed by atoms with van der Waals surface area (Å²) in [6.45, 7) is -0.563. The van der Waals surface area contributed by atoms with Gasteiger partial charge in [0.2, 0.25) is 0 Å². The van der Waals surface area contributed by atoms with Crippen LogP contribution in [0.2, 0.25) is 0 Å². The zero-order chi connectivity index (χ0) is 15.0. The van der Waals surface area contributed by atoms with E-state index in [1.165, 1.54) is 0 Å². The van der Waals surface area contributed by atoms with Gasteiger partial charge in [-0.25, -0.2) is 0 Å². The van der Waals surface area contributed by atoms with Crippen LogP contribution in [0.25, 0.3) is 0 Å². The molecule has 0 amide bonds. The third-order valence-corrected chi connectivity index (χ3v) is 2.80. The fraction of sp³-hybridized carbons (Fsp3) is 0.538. The maximum atomic E-state index is 9.56. The molecule has 0 aliphatic heterocycles. The van der Waals surface area contributed by atoms with Crippen LogP contribution in [0, 0.1) is 0 Å². The normalized spacial score (nSPS) is 17.4. The van der Waals surface area contributed by atoms with Crippen molar-refractivity contribution in [2.75, 3.05) is 13.2 Å². The van der Waals surface area contributed by atoms with E-state index in [0.29, 0.717) is 6.54 Å². The number of nitrogens with one attached hydrogen (secondary N) is 1. The number of rotatable bonds is 9. The number of benzene rings is 1. The van der Waals surface area contributed by atoms with Crippen LogP contribution in [-0.4, -0.2) is 63.2 Å². The van der Waals surface area contributed by atoms with E-state index < -0.39 is 31.0 Å². The zero-order valence-corrected chi connectivity index (χ0v) is 11.0. The molecule has 114 valence electrons. The van der Waals surface area contributed by atoms with Gasteiger partial charge in [-0.3, -0.25) is 4.84 Å². The summed E-state index contributed by atoms with van der Waals surface area (Å²) in [6, 6.07) is 9.43. The largest absolute Gasteiger partial charge is 0.394 e. The van der Waals surface area contributed by atoms with E-state index in [-0.39, 0.29) is 6.61 Å². The molecule has 0 fully saturated rings. The molecular weight excluding hydrogens is 266 g/mol. The molecule has 0 unspecified atom stereocenters. The molecule has 0 bridgehead atoms. The predicted molar refractivity (Wildman–Crippen MR) is 70.3 cm³/mol. The summed E-state index contributed by atoms with van der Waals surface area (Å²) in [6.07, 6.45) is -6.17. The second-order valence-corrected chi connectivity index (χ2v) is 4.42. The molecule has 7 nitrogen and oxygen atoms in total. The van der Waals surface area contributed by atoms with Crippen molar-refractivity contribution in [2.24, 2.45) is 0 Å². The SMILES string of the molecule is OC[C@@H](O)[C@@H](O)[C@H](O)[C@H](O)CONCc1ccccc1. The quantitative estimate of drug-likeness (QED) is 0.233. The highest BCUT2D eigenvalue weighted by atomic mass is 16.6. The smallest absolute Gasteiger partial charge is 0.111 e. The van der Waals surface area contributed by atoms with E-state index >= 15 is 0 Å². The highest BCUT2D eigenvalue weighted by Gasteiger charge is 2.30. The van der Waals surface area contributed by atoms with Gasteiger partial charge in [0.25, 0.3) is 0 Å². The van der Waals surface area contributed by atoms with Crippen molar-refractivity contribution < 1.29 is 30.4 Å². The topological polar surface area (TPSA) is 122 Å². The van der Waals surface area contributed by atoms with Gasteiger partial charge < -0.3 is 25.5 Å². The fourth-order valence-corrected chi connectivity index (χ4v) is 1.54. The molecule has 0 aromatic heterocycles. The van der Waals surface area contributed by atoms with Crippen LogP contribution >= 0.6 is 0 Å². The average Bonchev–Trinajstić information content (AvgIpc) is 2.50. The highest BCUT2D eigenvalue weighted by Crippen LogP contribution is 2.05. The van der Waals surface area contributed by atoms with Crippen LogP contribution in [0.1, 0.15) is 5.56 Å². The fourth-order valence-electron chi connectivity index (χ4n) is 1.54. The molecule has 0 aliphatic carbocycles. The number of hydrogen-bond donors (Lipinski definition) is 6. The second kappa shape index (κ2) is 8.98. The molecule has 0 saturated carbocycles. The van der Waals surface area contributed by atoms with Crippen molar-refractivity contribution in [3.05, 3.63) is 35.9 Å². The lowest BCUT2D eigenvalue weighted by Gasteiger charge is -2.25. The van der Waals surface area contributed by atoms with Crippen LogP contribution in [0.4, 0.5) is 0 Å². The van der Waals surface area contributed by atoms with Gasteiger partial charge in [-0.1, -0.05) is 30.3 Å². The molecule has 1 aromatic rings. The Labute approximate surface area is 117 Å². The molecule has 0 saturated heterocycles. The molecule has 6 N–H and O–H groups in total. The number of hydroxylamine groups is 1. The monoisotopic (exact) mass is 287 g/mol. The maximum Gasteiger partial charge on any atom is 0.111 e. The summed E-state index contributed by atoms with van der Waals surface area (Å²) >= 11 is 0. The Kier molecular flexibility index (Phi) is 7.63. The lowest BCUT2D eigenvalue weighted by atomic mass is 10.0. The van der Waals surface area contributed by atoms with Crippen LogP contribution in [-0.2, 0) is 11.4 Å². The Bertz CT molecular complexity index is 363. The summed E-state index contributed by atoms with van der Waals surface area (Å²) in [5.41, 5.74) is 3.59. The van der Waals surface area contributed by atoms with Crippen molar-refractivity contribution in [3.63, 3.8) is 0 Å². The number of hydrogen-bond acceptors (Lipinski definition) is 7. The molecule has 0 heterocycles. The van der Waals surface area contributed by atoms with Gasteiger partial charge in [0.15, 0.2) is 0 Å². The van der Waals surface area contributed by atoms with Gasteiger partial charge in [-0.2, -0.15) is 5.48 Å². The maximum absolute atomic E-state index is 9.56. The lowest BCUT2D eigenvalue weighted by Crippen LogP contribution is -2.47. The van der Waals surface area contributed by atoms with Crippen LogP contribution in [0.5, 0.6) is 0 Å². The first-order chi connectivity index (χ1) is 9.56. The molecule has 0 radical (unpaired) electrons. The van der Waals surface area contributed by atoms with Crippen molar-refractivity contribution >= 4 is 0 Å². The number of aliphatic hydroxyl groups excluding tert-OH is 5. The minimum absolute atomic E-state index is 0.275. The Hall–Kier alpha value is -1.06. The third kappa shape index (κ3) is 5.51. The van der Waals surface area contributed by atoms with Gasteiger partial charge in [0.1, 0.15) is 24.4 Å². The minimum atomic E-state index is -1.65. The van der Waals surface area contributed by atoms with Crippen LogP contribution in [0.3, 0.4) is 0 Å². The Morgan fingerprint density at radius 3 is 2.15 bits per heavy atom. The van der Waals surface area contributed by atoms with Gasteiger partial charge in [0, 0.05) is 6.54 Å². The second-order valence-electron chi connectivity index (χ2n) is 4.42. The van der Waals surface area contributed by atoms with Crippen LogP contribution in [0.15, 0.2) is 30.3 Å². The molecular formula is C13H21NO6. The average molecular weight is 287 g/mol. The first-order valence-corrected chi connectivity index (χ1v) is 6.28. The van der Waals surface area contributed by atoms with E-state index in [2.05, 4.69) is 5.48 Å². The molecule has 0 spiro atoms. The lowest BCUT2D eigenvalue weighted by molar-refractivity contribution is -0.137. The zero-order valence-electron chi connectivity index (χ0n) is 11.0. The van der Waals surface area contributed by atoms with Crippen molar-refractivity contribution in [1.29, 1.82) is 0 Å². The van der Waals surface area contributed by atoms with Crippen molar-refractivity contribution in [3.8, 4) is 0 Å². The summed E-state index contributed by atoms with van der Waals surface area (Å²) < 4.78 is 0. The van der Waals surface area contributed by atoms with Gasteiger partial charge in [-0.05, 0) is 5.56 Å². The van der Waals surface area contributed by atoms with Gasteiger partial charge in [-0.15, -0.1) is 0 Å². The molecule has 7 heteroatoms. The summed E-state index contributed by atoms with van der Waals surface area (Å²) in [4.78, 5) is 4.97. The van der Waals surface area contributed by atoms with Gasteiger partial charge >= 0.3 is 0 Å². The van der Waals surface area contributed by atoms with E-state index in [9.17, 15) is 15.3 Å². The van der Waals surface area contributed by atoms with Crippen LogP contribution < -0.4 is 5.48 Å². The van der Waals surface area contributed by atoms with E-state index in [1.54, 1.807) is 0 Å². The van der Waals surface area contributed by atoms with E-state index in [1.807, 2.05) is 30.3 Å². The Balaban J connectivity index is 2.24. The van der Waals surface area contributed by atoms with Gasteiger partial charge in [0.05, 0.1) is 13.2 Å². The Morgan fingerprint density at radius 1 is 0.950 bits per heavy atom. The Morgan fingerprint density at radius 2 is 1.55 bits per heavy atom. The minimum Gasteiger partial charge on any atom is -0.394 e. The van der Waals surface area contributed by atoms with E-state index in [4.69, 9.17) is 15.1 Å². The molecule has 20 heavy (non-hydrogen) atoms. The third-order valence-electron chi connectivity index (χ3n) is 2.80. The van der Waals surface area contributed by atoms with E-state index in [0.717, 1.165) is 5.56 Å². The molecule has 1 aromatic carbocycles.